The fourth-order valence-corrected chi connectivity index (χ4v) is 2.29. The van der Waals surface area contributed by atoms with Crippen LogP contribution >= 0.6 is 0 Å². The first-order valence-electron chi connectivity index (χ1n) is 7.98. The van der Waals surface area contributed by atoms with Crippen molar-refractivity contribution in [3.05, 3.63) is 41.6 Å². The van der Waals surface area contributed by atoms with E-state index in [1.165, 1.54) is 22.0 Å². The van der Waals surface area contributed by atoms with E-state index in [2.05, 4.69) is 50.9 Å². The van der Waals surface area contributed by atoms with Gasteiger partial charge in [-0.2, -0.15) is 0 Å². The molecule has 2 aromatic rings. The molecule has 0 aliphatic carbocycles. The maximum Gasteiger partial charge on any atom is 0.0739 e. The predicted octanol–water partition coefficient (Wildman–Crippen LogP) is 6.53. The van der Waals surface area contributed by atoms with Gasteiger partial charge in [-0.25, -0.2) is 0 Å². The van der Waals surface area contributed by atoms with Gasteiger partial charge < -0.3 is 0 Å². The van der Waals surface area contributed by atoms with E-state index in [-0.39, 0.29) is 0 Å². The average Bonchev–Trinajstić information content (AvgIpc) is 2.49. The van der Waals surface area contributed by atoms with Gasteiger partial charge in [-0.05, 0) is 29.0 Å². The van der Waals surface area contributed by atoms with E-state index < -0.39 is 0 Å². The summed E-state index contributed by atoms with van der Waals surface area (Å²) in [6.07, 6.45) is 1.89. The molecule has 0 radical (unpaired) electrons. The number of fused-ring (bicyclic) bond motifs is 1. The minimum absolute atomic E-state index is 0.524. The molecule has 0 unspecified atom stereocenters. The summed E-state index contributed by atoms with van der Waals surface area (Å²) in [5.74, 6) is 1.08. The molecule has 1 aromatic carbocycles. The normalized spacial score (nSPS) is 9.90. The molecule has 0 spiro atoms. The third-order valence-corrected chi connectivity index (χ3v) is 3.05. The van der Waals surface area contributed by atoms with Crippen LogP contribution in [0.4, 0.5) is 0 Å². The summed E-state index contributed by atoms with van der Waals surface area (Å²) in [5.41, 5.74) is 4.01. The maximum atomic E-state index is 4.55. The smallest absolute Gasteiger partial charge is 0.0739 e. The zero-order valence-electron chi connectivity index (χ0n) is 14.5. The average molecular weight is 273 g/mol. The Morgan fingerprint density at radius 2 is 1.40 bits per heavy atom. The van der Waals surface area contributed by atoms with Gasteiger partial charge in [0.15, 0.2) is 0 Å². The number of benzene rings is 1. The highest BCUT2D eigenvalue weighted by Gasteiger charge is 2.13. The van der Waals surface area contributed by atoms with Crippen LogP contribution in [-0.4, -0.2) is 4.98 Å². The molecule has 0 atom stereocenters. The summed E-state index contributed by atoms with van der Waals surface area (Å²) in [6, 6.07) is 8.58. The van der Waals surface area contributed by atoms with Gasteiger partial charge in [-0.3, -0.25) is 4.98 Å². The van der Waals surface area contributed by atoms with E-state index in [1.807, 2.05) is 40.0 Å². The van der Waals surface area contributed by atoms with Crippen molar-refractivity contribution < 1.29 is 0 Å². The quantitative estimate of drug-likeness (QED) is 0.606. The highest BCUT2D eigenvalue weighted by atomic mass is 14.7. The van der Waals surface area contributed by atoms with Gasteiger partial charge in [-0.15, -0.1) is 0 Å². The first-order valence-corrected chi connectivity index (χ1v) is 7.98. The van der Waals surface area contributed by atoms with Crippen molar-refractivity contribution in [3.8, 4) is 0 Å². The highest BCUT2D eigenvalue weighted by molar-refractivity contribution is 5.83. The molecule has 0 aliphatic rings. The molecule has 1 heterocycles. The molecular formula is C19H31N. The Labute approximate surface area is 125 Å². The first-order chi connectivity index (χ1) is 9.61. The molecule has 0 fully saturated rings. The van der Waals surface area contributed by atoms with Crippen LogP contribution in [0.25, 0.3) is 10.9 Å². The second-order valence-electron chi connectivity index (χ2n) is 4.95. The van der Waals surface area contributed by atoms with E-state index in [1.54, 1.807) is 0 Å². The lowest BCUT2D eigenvalue weighted by atomic mass is 9.88. The molecule has 0 aliphatic heterocycles. The SMILES string of the molecule is CC.CC.CC(C)c1ccc2cccnc2c1C(C)C. The van der Waals surface area contributed by atoms with Crippen molar-refractivity contribution in [1.29, 1.82) is 0 Å². The monoisotopic (exact) mass is 273 g/mol. The van der Waals surface area contributed by atoms with Crippen LogP contribution < -0.4 is 0 Å². The van der Waals surface area contributed by atoms with Crippen molar-refractivity contribution in [2.24, 2.45) is 0 Å². The summed E-state index contributed by atoms with van der Waals surface area (Å²) in [5, 5.41) is 1.25. The Morgan fingerprint density at radius 3 is 1.90 bits per heavy atom. The first kappa shape index (κ1) is 18.6. The number of nitrogens with zero attached hydrogens (tertiary/aromatic N) is 1. The van der Waals surface area contributed by atoms with Crippen LogP contribution in [0.5, 0.6) is 0 Å². The molecule has 0 amide bonds. The zero-order chi connectivity index (χ0) is 15.7. The summed E-state index contributed by atoms with van der Waals surface area (Å²) in [6.45, 7) is 17.0. The third-order valence-electron chi connectivity index (χ3n) is 3.05. The molecule has 0 saturated heterocycles. The number of pyridine rings is 1. The van der Waals surface area contributed by atoms with Crippen LogP contribution in [0, 0.1) is 0 Å². The number of aromatic nitrogens is 1. The van der Waals surface area contributed by atoms with Crippen LogP contribution in [0.3, 0.4) is 0 Å². The summed E-state index contributed by atoms with van der Waals surface area (Å²) >= 11 is 0. The van der Waals surface area contributed by atoms with E-state index in [4.69, 9.17) is 0 Å². The molecule has 0 saturated carbocycles. The lowest BCUT2D eigenvalue weighted by Gasteiger charge is -2.17. The number of rotatable bonds is 2. The maximum absolute atomic E-state index is 4.55. The van der Waals surface area contributed by atoms with E-state index in [0.717, 1.165) is 0 Å². The molecule has 0 N–H and O–H groups in total. The Hall–Kier alpha value is -1.37. The van der Waals surface area contributed by atoms with E-state index in [0.29, 0.717) is 11.8 Å². The van der Waals surface area contributed by atoms with Crippen LogP contribution in [0.2, 0.25) is 0 Å². The molecule has 20 heavy (non-hydrogen) atoms. The topological polar surface area (TPSA) is 12.9 Å². The molecule has 1 aromatic heterocycles. The summed E-state index contributed by atoms with van der Waals surface area (Å²) in [4.78, 5) is 4.55. The second kappa shape index (κ2) is 9.52. The largest absolute Gasteiger partial charge is 0.256 e. The highest BCUT2D eigenvalue weighted by Crippen LogP contribution is 2.31. The Morgan fingerprint density at radius 1 is 0.800 bits per heavy atom. The van der Waals surface area contributed by atoms with Gasteiger partial charge >= 0.3 is 0 Å². The van der Waals surface area contributed by atoms with Gasteiger partial charge in [-0.1, -0.05) is 73.6 Å². The van der Waals surface area contributed by atoms with Crippen molar-refractivity contribution in [2.45, 2.75) is 67.2 Å². The minimum atomic E-state index is 0.524. The third kappa shape index (κ3) is 4.33. The Balaban J connectivity index is 0.000000829. The van der Waals surface area contributed by atoms with Gasteiger partial charge in [0, 0.05) is 11.6 Å². The van der Waals surface area contributed by atoms with Crippen LogP contribution in [0.15, 0.2) is 30.5 Å². The fraction of sp³-hybridized carbons (Fsp3) is 0.526. The van der Waals surface area contributed by atoms with E-state index >= 15 is 0 Å². The standard InChI is InChI=1S/C15H19N.2C2H6/c1-10(2)13-8-7-12-6-5-9-16-15(12)14(13)11(3)4;2*1-2/h5-11H,1-4H3;2*1-2H3. The molecule has 0 bridgehead atoms. The molecule has 1 heteroatoms. The number of hydrogen-bond acceptors (Lipinski definition) is 1. The lowest BCUT2D eigenvalue weighted by Crippen LogP contribution is -2.00. The van der Waals surface area contributed by atoms with Crippen LogP contribution in [0.1, 0.15) is 78.4 Å². The molecule has 112 valence electrons. The van der Waals surface area contributed by atoms with Crippen molar-refractivity contribution in [3.63, 3.8) is 0 Å². The van der Waals surface area contributed by atoms with E-state index in [9.17, 15) is 0 Å². The van der Waals surface area contributed by atoms with Crippen molar-refractivity contribution >= 4 is 10.9 Å². The minimum Gasteiger partial charge on any atom is -0.256 e. The summed E-state index contributed by atoms with van der Waals surface area (Å²) in [7, 11) is 0. The molecule has 1 nitrogen and oxygen atoms in total. The molecule has 2 rings (SSSR count). The van der Waals surface area contributed by atoms with Gasteiger partial charge in [0.2, 0.25) is 0 Å². The second-order valence-corrected chi connectivity index (χ2v) is 4.95. The summed E-state index contributed by atoms with van der Waals surface area (Å²) < 4.78 is 0. The zero-order valence-corrected chi connectivity index (χ0v) is 14.5. The van der Waals surface area contributed by atoms with Gasteiger partial charge in [0.25, 0.3) is 0 Å². The molecular weight excluding hydrogens is 242 g/mol. The fourth-order valence-electron chi connectivity index (χ4n) is 2.29. The van der Waals surface area contributed by atoms with Crippen molar-refractivity contribution in [1.82, 2.24) is 4.98 Å². The Kier molecular flexibility index (Phi) is 8.87. The predicted molar refractivity (Wildman–Crippen MR) is 92.6 cm³/mol. The number of hydrogen-bond donors (Lipinski definition) is 0. The van der Waals surface area contributed by atoms with Gasteiger partial charge in [0.1, 0.15) is 0 Å². The van der Waals surface area contributed by atoms with Gasteiger partial charge in [0.05, 0.1) is 5.52 Å². The van der Waals surface area contributed by atoms with Crippen molar-refractivity contribution in [2.75, 3.05) is 0 Å². The lowest BCUT2D eigenvalue weighted by molar-refractivity contribution is 0.795. The Bertz CT molecular complexity index is 498. The van der Waals surface area contributed by atoms with Crippen LogP contribution in [-0.2, 0) is 0 Å².